The number of cyclic esters (lactones) is 1. The molecule has 0 bridgehead atoms. The van der Waals surface area contributed by atoms with Crippen molar-refractivity contribution in [1.82, 2.24) is 0 Å². The number of carbonyl (C=O) groups is 1. The number of aliphatic hydroxyl groups is 5. The lowest BCUT2D eigenvalue weighted by Crippen LogP contribution is -2.73. The molecule has 0 spiro atoms. The van der Waals surface area contributed by atoms with Gasteiger partial charge < -0.3 is 30.3 Å². The highest BCUT2D eigenvalue weighted by molar-refractivity contribution is 5.71. The summed E-state index contributed by atoms with van der Waals surface area (Å²) in [4.78, 5) is 11.7. The minimum atomic E-state index is -1.33. The number of aliphatic hydroxyl groups excluding tert-OH is 3. The van der Waals surface area contributed by atoms with Gasteiger partial charge in [0.15, 0.2) is 0 Å². The molecule has 1 saturated heterocycles. The van der Waals surface area contributed by atoms with Crippen molar-refractivity contribution in [2.45, 2.75) is 88.1 Å². The first-order valence-electron chi connectivity index (χ1n) is 11.7. The Hall–Kier alpha value is -0.730. The molecule has 4 aliphatic carbocycles. The van der Waals surface area contributed by atoms with Gasteiger partial charge in [0.05, 0.1) is 48.5 Å². The summed E-state index contributed by atoms with van der Waals surface area (Å²) in [6, 6.07) is 0. The van der Waals surface area contributed by atoms with Gasteiger partial charge in [-0.1, -0.05) is 6.92 Å². The molecule has 0 aromatic carbocycles. The number of hydrogen-bond donors (Lipinski definition) is 5. The lowest BCUT2D eigenvalue weighted by atomic mass is 9.40. The van der Waals surface area contributed by atoms with Crippen LogP contribution in [0, 0.1) is 34.5 Å². The predicted octanol–water partition coefficient (Wildman–Crippen LogP) is 0.742. The molecule has 7 heteroatoms. The van der Waals surface area contributed by atoms with Crippen LogP contribution in [0.3, 0.4) is 0 Å². The molecule has 0 aromatic heterocycles. The third-order valence-electron chi connectivity index (χ3n) is 10.5. The van der Waals surface area contributed by atoms with E-state index in [9.17, 15) is 30.3 Å². The minimum absolute atomic E-state index is 0.128. The van der Waals surface area contributed by atoms with Gasteiger partial charge in [0.1, 0.15) is 0 Å². The molecule has 1 aliphatic heterocycles. The number of hydrogen-bond acceptors (Lipinski definition) is 7. The summed E-state index contributed by atoms with van der Waals surface area (Å²) in [7, 11) is 0. The number of ether oxygens (including phenoxy) is 1. The Bertz CT molecular complexity index is 728. The smallest absolute Gasteiger partial charge is 0.306 e. The van der Waals surface area contributed by atoms with Gasteiger partial charge in [-0.05, 0) is 61.7 Å². The quantitative estimate of drug-likeness (QED) is 0.414. The van der Waals surface area contributed by atoms with E-state index < -0.39 is 28.8 Å². The SMILES string of the molecule is CC12CCC3C(CCC4(O)CC(O)CC(O)C34CO)C1(O)CCC2C1COC(=O)C1. The van der Waals surface area contributed by atoms with Crippen LogP contribution in [0.2, 0.25) is 0 Å². The molecule has 5 fully saturated rings. The summed E-state index contributed by atoms with van der Waals surface area (Å²) in [6.07, 6.45) is 2.82. The molecule has 5 aliphatic rings. The second kappa shape index (κ2) is 6.64. The molecule has 0 aromatic rings. The molecule has 5 rings (SSSR count). The van der Waals surface area contributed by atoms with Gasteiger partial charge in [0, 0.05) is 18.8 Å². The van der Waals surface area contributed by atoms with Crippen molar-refractivity contribution in [3.8, 4) is 0 Å². The first-order chi connectivity index (χ1) is 14.1. The Morgan fingerprint density at radius 3 is 2.40 bits per heavy atom. The minimum Gasteiger partial charge on any atom is -0.465 e. The fourth-order valence-corrected chi connectivity index (χ4v) is 9.04. The Balaban J connectivity index is 1.51. The van der Waals surface area contributed by atoms with Crippen molar-refractivity contribution in [2.24, 2.45) is 34.5 Å². The Morgan fingerprint density at radius 1 is 1.03 bits per heavy atom. The predicted molar refractivity (Wildman–Crippen MR) is 106 cm³/mol. The molecule has 10 unspecified atom stereocenters. The molecular weight excluding hydrogens is 388 g/mol. The Morgan fingerprint density at radius 2 is 1.73 bits per heavy atom. The highest BCUT2D eigenvalue weighted by Crippen LogP contribution is 2.70. The second-order valence-corrected chi connectivity index (χ2v) is 11.3. The molecule has 1 heterocycles. The monoisotopic (exact) mass is 424 g/mol. The van der Waals surface area contributed by atoms with Crippen molar-refractivity contribution in [1.29, 1.82) is 0 Å². The molecule has 0 amide bonds. The van der Waals surface area contributed by atoms with Crippen LogP contribution in [0.5, 0.6) is 0 Å². The van der Waals surface area contributed by atoms with E-state index in [4.69, 9.17) is 4.74 Å². The van der Waals surface area contributed by atoms with Gasteiger partial charge >= 0.3 is 5.97 Å². The first-order valence-corrected chi connectivity index (χ1v) is 11.7. The molecule has 10 atom stereocenters. The molecule has 170 valence electrons. The van der Waals surface area contributed by atoms with Gasteiger partial charge in [-0.25, -0.2) is 0 Å². The van der Waals surface area contributed by atoms with E-state index in [2.05, 4.69) is 6.92 Å². The van der Waals surface area contributed by atoms with Crippen LogP contribution >= 0.6 is 0 Å². The van der Waals surface area contributed by atoms with Gasteiger partial charge in [-0.2, -0.15) is 0 Å². The number of rotatable bonds is 2. The largest absolute Gasteiger partial charge is 0.465 e. The summed E-state index contributed by atoms with van der Waals surface area (Å²) < 4.78 is 5.24. The topological polar surface area (TPSA) is 127 Å². The van der Waals surface area contributed by atoms with E-state index in [0.717, 1.165) is 12.8 Å². The number of carbonyl (C=O) groups excluding carboxylic acids is 1. The molecule has 5 N–H and O–H groups in total. The maximum absolute atomic E-state index is 12.2. The van der Waals surface area contributed by atoms with E-state index in [1.54, 1.807) is 0 Å². The Kier molecular flexibility index (Phi) is 4.68. The number of esters is 1. The summed E-state index contributed by atoms with van der Waals surface area (Å²) >= 11 is 0. The molecule has 0 radical (unpaired) electrons. The highest BCUT2D eigenvalue weighted by atomic mass is 16.5. The summed E-state index contributed by atoms with van der Waals surface area (Å²) in [5.41, 5.74) is -3.74. The standard InChI is InChI=1S/C23H36O7/c1-20-5-2-16-17(23(20,29)7-4-15(20)13-8-19(27)30-11-13)3-6-21(28)10-14(25)9-18(26)22(16,21)12-24/h13-18,24-26,28-29H,2-12H2,1H3. The van der Waals surface area contributed by atoms with Crippen molar-refractivity contribution < 1.29 is 35.1 Å². The molecule has 30 heavy (non-hydrogen) atoms. The van der Waals surface area contributed by atoms with E-state index in [-0.39, 0.29) is 54.5 Å². The first kappa shape index (κ1) is 21.1. The van der Waals surface area contributed by atoms with Crippen molar-refractivity contribution in [2.75, 3.05) is 13.2 Å². The fraction of sp³-hybridized carbons (Fsp3) is 0.957. The van der Waals surface area contributed by atoms with Gasteiger partial charge in [0.25, 0.3) is 0 Å². The van der Waals surface area contributed by atoms with E-state index in [0.29, 0.717) is 38.7 Å². The van der Waals surface area contributed by atoms with Crippen molar-refractivity contribution >= 4 is 5.97 Å². The second-order valence-electron chi connectivity index (χ2n) is 11.3. The van der Waals surface area contributed by atoms with E-state index in [1.165, 1.54) is 0 Å². The highest BCUT2D eigenvalue weighted by Gasteiger charge is 2.73. The molecule has 4 saturated carbocycles. The van der Waals surface area contributed by atoms with Crippen molar-refractivity contribution in [3.63, 3.8) is 0 Å². The number of fused-ring (bicyclic) bond motifs is 5. The van der Waals surface area contributed by atoms with Crippen LogP contribution in [0.15, 0.2) is 0 Å². The molecular formula is C23H36O7. The van der Waals surface area contributed by atoms with Crippen LogP contribution in [0.1, 0.15) is 64.7 Å². The zero-order valence-corrected chi connectivity index (χ0v) is 17.8. The maximum atomic E-state index is 12.2. The van der Waals surface area contributed by atoms with Crippen LogP contribution < -0.4 is 0 Å². The fourth-order valence-electron chi connectivity index (χ4n) is 9.04. The van der Waals surface area contributed by atoms with Gasteiger partial charge in [-0.3, -0.25) is 4.79 Å². The average Bonchev–Trinajstić information content (AvgIpc) is 3.21. The zero-order chi connectivity index (χ0) is 21.5. The average molecular weight is 425 g/mol. The summed E-state index contributed by atoms with van der Waals surface area (Å²) in [5.74, 6) is -0.146. The summed E-state index contributed by atoms with van der Waals surface area (Å²) in [6.45, 7) is 2.23. The Labute approximate surface area is 177 Å². The van der Waals surface area contributed by atoms with E-state index >= 15 is 0 Å². The van der Waals surface area contributed by atoms with Gasteiger partial charge in [-0.15, -0.1) is 0 Å². The normalized spacial score (nSPS) is 58.0. The van der Waals surface area contributed by atoms with Crippen LogP contribution in [0.25, 0.3) is 0 Å². The summed E-state index contributed by atoms with van der Waals surface area (Å²) in [5, 5.41) is 55.5. The maximum Gasteiger partial charge on any atom is 0.306 e. The van der Waals surface area contributed by atoms with Crippen molar-refractivity contribution in [3.05, 3.63) is 0 Å². The lowest BCUT2D eigenvalue weighted by Gasteiger charge is -2.67. The van der Waals surface area contributed by atoms with Crippen LogP contribution in [-0.4, -0.2) is 68.1 Å². The molecule has 7 nitrogen and oxygen atoms in total. The zero-order valence-electron chi connectivity index (χ0n) is 17.8. The third kappa shape index (κ3) is 2.42. The lowest BCUT2D eigenvalue weighted by molar-refractivity contribution is -0.299. The third-order valence-corrected chi connectivity index (χ3v) is 10.5. The van der Waals surface area contributed by atoms with Crippen LogP contribution in [0.4, 0.5) is 0 Å². The van der Waals surface area contributed by atoms with E-state index in [1.807, 2.05) is 0 Å². The van der Waals surface area contributed by atoms with Crippen LogP contribution in [-0.2, 0) is 9.53 Å². The van der Waals surface area contributed by atoms with Gasteiger partial charge in [0.2, 0.25) is 0 Å².